The standard InChI is InChI=1S/C15H20O3/c1-17-15(16)10-5-11-18-14-9-4-7-12-6-2-3-8-13(12)14/h2-3,6,8,14H,4-5,7,9-11H2,1H3. The monoisotopic (exact) mass is 248 g/mol. The highest BCUT2D eigenvalue weighted by Crippen LogP contribution is 2.32. The third-order valence-corrected chi connectivity index (χ3v) is 3.39. The number of aryl methyl sites for hydroxylation is 1. The average molecular weight is 248 g/mol. The van der Waals surface area contributed by atoms with E-state index in [0.29, 0.717) is 13.0 Å². The Morgan fingerprint density at radius 3 is 3.06 bits per heavy atom. The van der Waals surface area contributed by atoms with Crippen molar-refractivity contribution in [3.8, 4) is 0 Å². The van der Waals surface area contributed by atoms with E-state index in [0.717, 1.165) is 19.3 Å². The molecule has 1 aliphatic rings. The molecule has 0 fully saturated rings. The maximum Gasteiger partial charge on any atom is 0.305 e. The van der Waals surface area contributed by atoms with Crippen molar-refractivity contribution in [3.05, 3.63) is 35.4 Å². The first-order valence-electron chi connectivity index (χ1n) is 6.57. The fourth-order valence-corrected chi connectivity index (χ4v) is 2.43. The van der Waals surface area contributed by atoms with Crippen molar-refractivity contribution in [2.75, 3.05) is 13.7 Å². The van der Waals surface area contributed by atoms with E-state index in [-0.39, 0.29) is 12.1 Å². The molecule has 0 N–H and O–H groups in total. The number of ether oxygens (including phenoxy) is 2. The average Bonchev–Trinajstić information content (AvgIpc) is 2.43. The van der Waals surface area contributed by atoms with Crippen LogP contribution in [0, 0.1) is 0 Å². The van der Waals surface area contributed by atoms with E-state index in [1.54, 1.807) is 0 Å². The smallest absolute Gasteiger partial charge is 0.305 e. The van der Waals surface area contributed by atoms with Crippen molar-refractivity contribution >= 4 is 5.97 Å². The molecule has 18 heavy (non-hydrogen) atoms. The maximum atomic E-state index is 11.0. The molecular formula is C15H20O3. The fraction of sp³-hybridized carbons (Fsp3) is 0.533. The van der Waals surface area contributed by atoms with Crippen LogP contribution >= 0.6 is 0 Å². The molecule has 1 atom stereocenters. The van der Waals surface area contributed by atoms with Gasteiger partial charge in [-0.3, -0.25) is 4.79 Å². The Kier molecular flexibility index (Phi) is 4.76. The van der Waals surface area contributed by atoms with Crippen LogP contribution in [0.4, 0.5) is 0 Å². The van der Waals surface area contributed by atoms with E-state index in [4.69, 9.17) is 4.74 Å². The minimum atomic E-state index is -0.164. The number of rotatable bonds is 5. The highest BCUT2D eigenvalue weighted by Gasteiger charge is 2.19. The highest BCUT2D eigenvalue weighted by atomic mass is 16.5. The van der Waals surface area contributed by atoms with Crippen LogP contribution in [0.25, 0.3) is 0 Å². The minimum absolute atomic E-state index is 0.164. The second-order valence-electron chi connectivity index (χ2n) is 4.63. The first kappa shape index (κ1) is 13.1. The molecule has 0 aliphatic heterocycles. The third-order valence-electron chi connectivity index (χ3n) is 3.39. The van der Waals surface area contributed by atoms with Gasteiger partial charge in [0.1, 0.15) is 0 Å². The van der Waals surface area contributed by atoms with Gasteiger partial charge >= 0.3 is 5.97 Å². The lowest BCUT2D eigenvalue weighted by molar-refractivity contribution is -0.141. The largest absolute Gasteiger partial charge is 0.469 e. The summed E-state index contributed by atoms with van der Waals surface area (Å²) in [6.07, 6.45) is 4.77. The molecule has 1 aliphatic carbocycles. The Morgan fingerprint density at radius 1 is 1.39 bits per heavy atom. The molecule has 2 rings (SSSR count). The number of fused-ring (bicyclic) bond motifs is 1. The first-order valence-corrected chi connectivity index (χ1v) is 6.57. The molecule has 1 aromatic carbocycles. The quantitative estimate of drug-likeness (QED) is 0.593. The van der Waals surface area contributed by atoms with Crippen LogP contribution in [0.2, 0.25) is 0 Å². The summed E-state index contributed by atoms with van der Waals surface area (Å²) in [7, 11) is 1.42. The second kappa shape index (κ2) is 6.55. The van der Waals surface area contributed by atoms with Crippen LogP contribution in [0.3, 0.4) is 0 Å². The van der Waals surface area contributed by atoms with Gasteiger partial charge in [-0.15, -0.1) is 0 Å². The Morgan fingerprint density at radius 2 is 2.22 bits per heavy atom. The molecule has 1 unspecified atom stereocenters. The summed E-state index contributed by atoms with van der Waals surface area (Å²) in [5.74, 6) is -0.164. The van der Waals surface area contributed by atoms with E-state index < -0.39 is 0 Å². The Balaban J connectivity index is 1.82. The molecule has 0 heterocycles. The fourth-order valence-electron chi connectivity index (χ4n) is 2.43. The van der Waals surface area contributed by atoms with Gasteiger partial charge in [0.25, 0.3) is 0 Å². The topological polar surface area (TPSA) is 35.5 Å². The van der Waals surface area contributed by atoms with Crippen molar-refractivity contribution in [2.45, 2.75) is 38.2 Å². The van der Waals surface area contributed by atoms with E-state index in [1.807, 2.05) is 0 Å². The second-order valence-corrected chi connectivity index (χ2v) is 4.63. The van der Waals surface area contributed by atoms with Crippen molar-refractivity contribution in [2.24, 2.45) is 0 Å². The Hall–Kier alpha value is -1.35. The molecule has 3 nitrogen and oxygen atoms in total. The van der Waals surface area contributed by atoms with Gasteiger partial charge < -0.3 is 9.47 Å². The molecule has 0 saturated heterocycles. The molecule has 98 valence electrons. The normalized spacial score (nSPS) is 18.2. The lowest BCUT2D eigenvalue weighted by Crippen LogP contribution is -2.14. The molecule has 0 radical (unpaired) electrons. The van der Waals surface area contributed by atoms with Crippen LogP contribution < -0.4 is 0 Å². The summed E-state index contributed by atoms with van der Waals surface area (Å²) < 4.78 is 10.5. The van der Waals surface area contributed by atoms with Crippen LogP contribution in [-0.2, 0) is 20.7 Å². The number of carbonyl (C=O) groups excluding carboxylic acids is 1. The molecule has 0 saturated carbocycles. The van der Waals surface area contributed by atoms with Gasteiger partial charge in [-0.05, 0) is 36.8 Å². The molecule has 0 aromatic heterocycles. The Labute approximate surface area is 108 Å². The van der Waals surface area contributed by atoms with E-state index in [1.165, 1.54) is 24.7 Å². The van der Waals surface area contributed by atoms with E-state index >= 15 is 0 Å². The lowest BCUT2D eigenvalue weighted by atomic mass is 9.89. The molecule has 3 heteroatoms. The maximum absolute atomic E-state index is 11.0. The van der Waals surface area contributed by atoms with Crippen molar-refractivity contribution in [1.29, 1.82) is 0 Å². The summed E-state index contributed by atoms with van der Waals surface area (Å²) in [6, 6.07) is 8.48. The van der Waals surface area contributed by atoms with Crippen molar-refractivity contribution < 1.29 is 14.3 Å². The molecule has 1 aromatic rings. The Bertz CT molecular complexity index is 400. The summed E-state index contributed by atoms with van der Waals surface area (Å²) in [5.41, 5.74) is 2.73. The van der Waals surface area contributed by atoms with Gasteiger partial charge in [-0.1, -0.05) is 24.3 Å². The van der Waals surface area contributed by atoms with Gasteiger partial charge in [0.15, 0.2) is 0 Å². The minimum Gasteiger partial charge on any atom is -0.469 e. The van der Waals surface area contributed by atoms with Crippen LogP contribution in [-0.4, -0.2) is 19.7 Å². The van der Waals surface area contributed by atoms with Gasteiger partial charge in [0.2, 0.25) is 0 Å². The van der Waals surface area contributed by atoms with Gasteiger partial charge in [0, 0.05) is 13.0 Å². The number of carbonyl (C=O) groups is 1. The summed E-state index contributed by atoms with van der Waals surface area (Å²) in [4.78, 5) is 11.0. The van der Waals surface area contributed by atoms with E-state index in [9.17, 15) is 4.79 Å². The molecule has 0 amide bonds. The lowest BCUT2D eigenvalue weighted by Gasteiger charge is -2.25. The SMILES string of the molecule is COC(=O)CCCOC1CCCc2ccccc21. The summed E-state index contributed by atoms with van der Waals surface area (Å²) >= 11 is 0. The first-order chi connectivity index (χ1) is 8.81. The van der Waals surface area contributed by atoms with Gasteiger partial charge in [-0.25, -0.2) is 0 Å². The number of hydrogen-bond donors (Lipinski definition) is 0. The third kappa shape index (κ3) is 3.33. The molecule has 0 spiro atoms. The number of hydrogen-bond acceptors (Lipinski definition) is 3. The number of benzene rings is 1. The predicted molar refractivity (Wildman–Crippen MR) is 69.3 cm³/mol. The number of esters is 1. The van der Waals surface area contributed by atoms with Crippen molar-refractivity contribution in [3.63, 3.8) is 0 Å². The molecular weight excluding hydrogens is 228 g/mol. The summed E-state index contributed by atoms with van der Waals surface area (Å²) in [6.45, 7) is 0.619. The summed E-state index contributed by atoms with van der Waals surface area (Å²) in [5, 5.41) is 0. The number of methoxy groups -OCH3 is 1. The zero-order valence-electron chi connectivity index (χ0n) is 10.9. The zero-order chi connectivity index (χ0) is 12.8. The van der Waals surface area contributed by atoms with Gasteiger partial charge in [-0.2, -0.15) is 0 Å². The predicted octanol–water partition coefficient (Wildman–Crippen LogP) is 3.03. The van der Waals surface area contributed by atoms with Crippen LogP contribution in [0.1, 0.15) is 42.9 Å². The van der Waals surface area contributed by atoms with Crippen LogP contribution in [0.5, 0.6) is 0 Å². The highest BCUT2D eigenvalue weighted by molar-refractivity contribution is 5.68. The molecule has 0 bridgehead atoms. The van der Waals surface area contributed by atoms with Crippen LogP contribution in [0.15, 0.2) is 24.3 Å². The van der Waals surface area contributed by atoms with Gasteiger partial charge in [0.05, 0.1) is 13.2 Å². The van der Waals surface area contributed by atoms with E-state index in [2.05, 4.69) is 29.0 Å². The zero-order valence-corrected chi connectivity index (χ0v) is 10.9. The van der Waals surface area contributed by atoms with Crippen molar-refractivity contribution in [1.82, 2.24) is 0 Å².